The number of aryl methyl sites for hydroxylation is 1. The number of aromatic nitrogens is 4. The molecule has 5 nitrogen and oxygen atoms in total. The average molecular weight is 249 g/mol. The summed E-state index contributed by atoms with van der Waals surface area (Å²) in [7, 11) is 0. The van der Waals surface area contributed by atoms with Crippen LogP contribution in [0.25, 0.3) is 5.78 Å². The van der Waals surface area contributed by atoms with Crippen LogP contribution in [0.1, 0.15) is 5.69 Å². The van der Waals surface area contributed by atoms with Gasteiger partial charge in [-0.25, -0.2) is 4.98 Å². The summed E-state index contributed by atoms with van der Waals surface area (Å²) < 4.78 is 1.71. The summed E-state index contributed by atoms with van der Waals surface area (Å²) in [5.74, 6) is 3.58. The monoisotopic (exact) mass is 249 g/mol. The molecule has 0 saturated carbocycles. The molecule has 0 saturated heterocycles. The maximum atomic E-state index is 4.28. The Labute approximate surface area is 104 Å². The van der Waals surface area contributed by atoms with Crippen LogP contribution in [0.15, 0.2) is 25.0 Å². The molecule has 0 fully saturated rings. The van der Waals surface area contributed by atoms with E-state index in [0.29, 0.717) is 5.78 Å². The van der Waals surface area contributed by atoms with Gasteiger partial charge in [0.25, 0.3) is 5.78 Å². The zero-order chi connectivity index (χ0) is 12.1. The Balaban J connectivity index is 2.02. The minimum absolute atomic E-state index is 0.631. The zero-order valence-corrected chi connectivity index (χ0v) is 10.6. The molecule has 0 unspecified atom stereocenters. The fraction of sp³-hybridized carbons (Fsp3) is 0.364. The van der Waals surface area contributed by atoms with Crippen molar-refractivity contribution in [1.29, 1.82) is 0 Å². The molecule has 0 aliphatic carbocycles. The van der Waals surface area contributed by atoms with Gasteiger partial charge in [0.05, 0.1) is 0 Å². The molecule has 2 rings (SSSR count). The molecule has 17 heavy (non-hydrogen) atoms. The van der Waals surface area contributed by atoms with Crippen molar-refractivity contribution in [2.75, 3.05) is 23.4 Å². The summed E-state index contributed by atoms with van der Waals surface area (Å²) in [6.07, 6.45) is 3.43. The van der Waals surface area contributed by atoms with Crippen LogP contribution in [0.2, 0.25) is 0 Å². The van der Waals surface area contributed by atoms with E-state index in [0.717, 1.165) is 29.6 Å². The number of hydrogen-bond donors (Lipinski definition) is 1. The molecule has 1 N–H and O–H groups in total. The Kier molecular flexibility index (Phi) is 3.98. The van der Waals surface area contributed by atoms with Crippen molar-refractivity contribution in [1.82, 2.24) is 19.6 Å². The van der Waals surface area contributed by atoms with Crippen molar-refractivity contribution in [3.05, 3.63) is 30.7 Å². The molecule has 0 spiro atoms. The van der Waals surface area contributed by atoms with Crippen LogP contribution >= 0.6 is 11.8 Å². The molecule has 0 aliphatic rings. The van der Waals surface area contributed by atoms with Gasteiger partial charge in [-0.3, -0.25) is 0 Å². The maximum absolute atomic E-state index is 4.28. The van der Waals surface area contributed by atoms with Gasteiger partial charge in [0.2, 0.25) is 0 Å². The van der Waals surface area contributed by atoms with E-state index < -0.39 is 0 Å². The number of hydrogen-bond acceptors (Lipinski definition) is 5. The largest absolute Gasteiger partial charge is 0.369 e. The van der Waals surface area contributed by atoms with Gasteiger partial charge >= 0.3 is 0 Å². The van der Waals surface area contributed by atoms with Gasteiger partial charge in [-0.1, -0.05) is 6.08 Å². The molecular formula is C11H15N5S. The quantitative estimate of drug-likeness (QED) is 0.624. The lowest BCUT2D eigenvalue weighted by Gasteiger charge is -2.07. The van der Waals surface area contributed by atoms with Gasteiger partial charge in [0, 0.05) is 29.8 Å². The predicted molar refractivity (Wildman–Crippen MR) is 71.5 cm³/mol. The summed E-state index contributed by atoms with van der Waals surface area (Å²) in [6.45, 7) is 6.53. The number of thioether (sulfide) groups is 1. The highest BCUT2D eigenvalue weighted by Crippen LogP contribution is 2.10. The van der Waals surface area contributed by atoms with Crippen LogP contribution in [-0.4, -0.2) is 37.6 Å². The summed E-state index contributed by atoms with van der Waals surface area (Å²) in [5.41, 5.74) is 0.937. The van der Waals surface area contributed by atoms with E-state index in [-0.39, 0.29) is 0 Å². The lowest BCUT2D eigenvalue weighted by molar-refractivity contribution is 0.923. The molecule has 90 valence electrons. The number of anilines is 1. The Morgan fingerprint density at radius 3 is 3.29 bits per heavy atom. The number of rotatable bonds is 6. The zero-order valence-electron chi connectivity index (χ0n) is 9.76. The minimum Gasteiger partial charge on any atom is -0.369 e. The molecule has 0 amide bonds. The highest BCUT2D eigenvalue weighted by molar-refractivity contribution is 7.99. The molecule has 6 heteroatoms. The third kappa shape index (κ3) is 2.97. The van der Waals surface area contributed by atoms with Crippen LogP contribution in [0, 0.1) is 6.92 Å². The Bertz CT molecular complexity index is 508. The van der Waals surface area contributed by atoms with E-state index in [4.69, 9.17) is 0 Å². The predicted octanol–water partition coefficient (Wildman–Crippen LogP) is 1.76. The third-order valence-electron chi connectivity index (χ3n) is 2.17. The molecular weight excluding hydrogens is 234 g/mol. The van der Waals surface area contributed by atoms with Crippen LogP contribution in [0.5, 0.6) is 0 Å². The first-order valence-corrected chi connectivity index (χ1v) is 6.56. The van der Waals surface area contributed by atoms with Gasteiger partial charge in [0.15, 0.2) is 0 Å². The Morgan fingerprint density at radius 1 is 1.59 bits per heavy atom. The standard InChI is InChI=1S/C11H15N5S/c1-3-5-17-6-4-12-10-7-9(2)15-11-13-8-14-16(10)11/h3,7-8,12H,1,4-6H2,2H3. The summed E-state index contributed by atoms with van der Waals surface area (Å²) in [4.78, 5) is 8.36. The Hall–Kier alpha value is -1.56. The second-order valence-electron chi connectivity index (χ2n) is 3.54. The van der Waals surface area contributed by atoms with Crippen molar-refractivity contribution in [3.8, 4) is 0 Å². The molecule has 0 aliphatic heterocycles. The summed E-state index contributed by atoms with van der Waals surface area (Å²) >= 11 is 1.84. The molecule has 0 bridgehead atoms. The third-order valence-corrected chi connectivity index (χ3v) is 3.13. The fourth-order valence-corrected chi connectivity index (χ4v) is 2.05. The van der Waals surface area contributed by atoms with Gasteiger partial charge in [0.1, 0.15) is 12.1 Å². The molecule has 0 atom stereocenters. The van der Waals surface area contributed by atoms with Crippen LogP contribution in [0.4, 0.5) is 5.82 Å². The van der Waals surface area contributed by atoms with E-state index in [1.165, 1.54) is 6.33 Å². The Morgan fingerprint density at radius 2 is 2.47 bits per heavy atom. The van der Waals surface area contributed by atoms with Crippen molar-refractivity contribution in [2.24, 2.45) is 0 Å². The highest BCUT2D eigenvalue weighted by atomic mass is 32.2. The lowest BCUT2D eigenvalue weighted by Crippen LogP contribution is -2.10. The smallest absolute Gasteiger partial charge is 0.254 e. The first-order chi connectivity index (χ1) is 8.31. The van der Waals surface area contributed by atoms with Crippen LogP contribution in [0.3, 0.4) is 0 Å². The van der Waals surface area contributed by atoms with Gasteiger partial charge in [-0.2, -0.15) is 26.4 Å². The fourth-order valence-electron chi connectivity index (χ4n) is 1.47. The van der Waals surface area contributed by atoms with E-state index in [1.807, 2.05) is 30.8 Å². The van der Waals surface area contributed by atoms with Crippen molar-refractivity contribution in [2.45, 2.75) is 6.92 Å². The average Bonchev–Trinajstić information content (AvgIpc) is 2.76. The first-order valence-electron chi connectivity index (χ1n) is 5.41. The molecule has 2 heterocycles. The summed E-state index contributed by atoms with van der Waals surface area (Å²) in [5, 5.41) is 7.47. The number of fused-ring (bicyclic) bond motifs is 1. The molecule has 0 radical (unpaired) electrons. The SMILES string of the molecule is C=CCSCCNc1cc(C)nc2ncnn12. The normalized spacial score (nSPS) is 10.6. The van der Waals surface area contributed by atoms with Crippen molar-refractivity contribution < 1.29 is 0 Å². The summed E-state index contributed by atoms with van der Waals surface area (Å²) in [6, 6.07) is 1.97. The van der Waals surface area contributed by atoms with Crippen LogP contribution < -0.4 is 5.32 Å². The van der Waals surface area contributed by atoms with Gasteiger partial charge < -0.3 is 5.32 Å². The molecule has 0 aromatic carbocycles. The highest BCUT2D eigenvalue weighted by Gasteiger charge is 2.04. The van der Waals surface area contributed by atoms with Gasteiger partial charge in [-0.05, 0) is 6.92 Å². The topological polar surface area (TPSA) is 55.1 Å². The van der Waals surface area contributed by atoms with Crippen molar-refractivity contribution >= 4 is 23.4 Å². The van der Waals surface area contributed by atoms with E-state index in [2.05, 4.69) is 27.0 Å². The number of nitrogens with zero attached hydrogens (tertiary/aromatic N) is 4. The lowest BCUT2D eigenvalue weighted by atomic mass is 10.4. The molecule has 2 aromatic rings. The van der Waals surface area contributed by atoms with Gasteiger partial charge in [-0.15, -0.1) is 6.58 Å². The van der Waals surface area contributed by atoms with Crippen molar-refractivity contribution in [3.63, 3.8) is 0 Å². The number of nitrogens with one attached hydrogen (secondary N) is 1. The second kappa shape index (κ2) is 5.67. The molecule has 2 aromatic heterocycles. The maximum Gasteiger partial charge on any atom is 0.254 e. The van der Waals surface area contributed by atoms with Crippen LogP contribution in [-0.2, 0) is 0 Å². The van der Waals surface area contributed by atoms with E-state index >= 15 is 0 Å². The minimum atomic E-state index is 0.631. The van der Waals surface area contributed by atoms with E-state index in [1.54, 1.807) is 4.52 Å². The second-order valence-corrected chi connectivity index (χ2v) is 4.69. The first kappa shape index (κ1) is 11.9. The van der Waals surface area contributed by atoms with E-state index in [9.17, 15) is 0 Å².